The molecule has 0 aliphatic carbocycles. The Morgan fingerprint density at radius 2 is 1.90 bits per heavy atom. The molecule has 1 heterocycles. The van der Waals surface area contributed by atoms with E-state index in [4.69, 9.17) is 0 Å². The molecule has 0 aliphatic rings. The number of carbonyl (C=O) groups is 1. The fourth-order valence-corrected chi connectivity index (χ4v) is 2.89. The highest BCUT2D eigenvalue weighted by molar-refractivity contribution is 8.01. The van der Waals surface area contributed by atoms with Crippen molar-refractivity contribution >= 4 is 17.5 Å². The number of carbonyl (C=O) groups excluding carboxylic acids is 1. The standard InChI is InChI=1S/C15H19N3OS/c1-11-5-7-12(8-6-11)13(19)14(20-15(2,3)4)18-10-16-9-17-18/h5-10,14H,1-4H3. The van der Waals surface area contributed by atoms with Gasteiger partial charge in [0.15, 0.2) is 11.2 Å². The summed E-state index contributed by atoms with van der Waals surface area (Å²) in [6.45, 7) is 8.27. The highest BCUT2D eigenvalue weighted by Gasteiger charge is 2.28. The second-order valence-electron chi connectivity index (χ2n) is 5.69. The van der Waals surface area contributed by atoms with Crippen molar-refractivity contribution in [2.75, 3.05) is 0 Å². The Balaban J connectivity index is 2.31. The summed E-state index contributed by atoms with van der Waals surface area (Å²) in [6.07, 6.45) is 3.05. The third kappa shape index (κ3) is 3.70. The van der Waals surface area contributed by atoms with Crippen LogP contribution in [0.3, 0.4) is 0 Å². The van der Waals surface area contributed by atoms with E-state index in [1.54, 1.807) is 22.8 Å². The van der Waals surface area contributed by atoms with Gasteiger partial charge in [0.05, 0.1) is 0 Å². The number of hydrogen-bond acceptors (Lipinski definition) is 4. The zero-order valence-electron chi connectivity index (χ0n) is 12.2. The normalized spacial score (nSPS) is 13.2. The molecule has 5 heteroatoms. The molecule has 1 unspecified atom stereocenters. The lowest BCUT2D eigenvalue weighted by Gasteiger charge is -2.24. The number of aryl methyl sites for hydroxylation is 1. The fourth-order valence-electron chi connectivity index (χ4n) is 1.76. The van der Waals surface area contributed by atoms with E-state index in [1.165, 1.54) is 6.33 Å². The van der Waals surface area contributed by atoms with Crippen molar-refractivity contribution in [3.8, 4) is 0 Å². The predicted octanol–water partition coefficient (Wildman–Crippen LogP) is 3.50. The Morgan fingerprint density at radius 3 is 2.40 bits per heavy atom. The van der Waals surface area contributed by atoms with Crippen molar-refractivity contribution in [2.45, 2.75) is 37.8 Å². The van der Waals surface area contributed by atoms with E-state index in [9.17, 15) is 4.79 Å². The van der Waals surface area contributed by atoms with Crippen LogP contribution in [-0.4, -0.2) is 25.3 Å². The SMILES string of the molecule is Cc1ccc(C(=O)C(SC(C)(C)C)n2cncn2)cc1. The van der Waals surface area contributed by atoms with Gasteiger partial charge < -0.3 is 0 Å². The first-order valence-corrected chi connectivity index (χ1v) is 7.37. The van der Waals surface area contributed by atoms with Crippen LogP contribution in [0.1, 0.15) is 42.1 Å². The van der Waals surface area contributed by atoms with Crippen molar-refractivity contribution < 1.29 is 4.79 Å². The Hall–Kier alpha value is -1.62. The molecule has 0 saturated carbocycles. The number of benzene rings is 1. The van der Waals surface area contributed by atoms with Crippen LogP contribution in [-0.2, 0) is 0 Å². The van der Waals surface area contributed by atoms with Gasteiger partial charge in [0, 0.05) is 10.3 Å². The molecule has 0 aliphatic heterocycles. The highest BCUT2D eigenvalue weighted by atomic mass is 32.2. The Bertz CT molecular complexity index is 570. The van der Waals surface area contributed by atoms with Crippen molar-refractivity contribution in [3.05, 3.63) is 48.0 Å². The number of Topliss-reactive ketones (excluding diaryl/α,β-unsaturated/α-hetero) is 1. The summed E-state index contributed by atoms with van der Waals surface area (Å²) < 4.78 is 1.58. The van der Waals surface area contributed by atoms with Crippen LogP contribution in [0.2, 0.25) is 0 Å². The molecule has 1 atom stereocenters. The molecule has 0 spiro atoms. The Morgan fingerprint density at radius 1 is 1.25 bits per heavy atom. The molecule has 0 saturated heterocycles. The summed E-state index contributed by atoms with van der Waals surface area (Å²) in [6, 6.07) is 7.64. The zero-order chi connectivity index (χ0) is 14.8. The van der Waals surface area contributed by atoms with Gasteiger partial charge in [-0.1, -0.05) is 50.6 Å². The van der Waals surface area contributed by atoms with E-state index in [-0.39, 0.29) is 15.9 Å². The van der Waals surface area contributed by atoms with Crippen LogP contribution in [0, 0.1) is 6.92 Å². The van der Waals surface area contributed by atoms with E-state index >= 15 is 0 Å². The van der Waals surface area contributed by atoms with Crippen molar-refractivity contribution in [3.63, 3.8) is 0 Å². The van der Waals surface area contributed by atoms with Crippen molar-refractivity contribution in [1.82, 2.24) is 14.8 Å². The number of rotatable bonds is 4. The van der Waals surface area contributed by atoms with Gasteiger partial charge in [0.25, 0.3) is 0 Å². The molecule has 0 N–H and O–H groups in total. The maximum atomic E-state index is 12.7. The summed E-state index contributed by atoms with van der Waals surface area (Å²) in [7, 11) is 0. The van der Waals surface area contributed by atoms with Crippen LogP contribution in [0.15, 0.2) is 36.9 Å². The minimum Gasteiger partial charge on any atom is -0.291 e. The number of ketones is 1. The largest absolute Gasteiger partial charge is 0.291 e. The van der Waals surface area contributed by atoms with Crippen molar-refractivity contribution in [1.29, 1.82) is 0 Å². The average molecular weight is 289 g/mol. The smallest absolute Gasteiger partial charge is 0.197 e. The van der Waals surface area contributed by atoms with Crippen LogP contribution >= 0.6 is 11.8 Å². The third-order valence-corrected chi connectivity index (χ3v) is 4.06. The lowest BCUT2D eigenvalue weighted by Crippen LogP contribution is -2.23. The molecule has 0 bridgehead atoms. The molecule has 0 fully saturated rings. The number of hydrogen-bond donors (Lipinski definition) is 0. The minimum absolute atomic E-state index is 0.0447. The first kappa shape index (κ1) is 14.8. The van der Waals surface area contributed by atoms with E-state index in [0.717, 1.165) is 5.56 Å². The van der Waals surface area contributed by atoms with E-state index < -0.39 is 0 Å². The molecular weight excluding hydrogens is 270 g/mol. The van der Waals surface area contributed by atoms with Gasteiger partial charge in [0.1, 0.15) is 12.7 Å². The summed E-state index contributed by atoms with van der Waals surface area (Å²) >= 11 is 1.58. The summed E-state index contributed by atoms with van der Waals surface area (Å²) in [5.41, 5.74) is 1.84. The molecular formula is C15H19N3OS. The Labute approximate surface area is 123 Å². The summed E-state index contributed by atoms with van der Waals surface area (Å²) in [5.74, 6) is 0.0513. The maximum Gasteiger partial charge on any atom is 0.197 e. The number of aromatic nitrogens is 3. The third-order valence-electron chi connectivity index (χ3n) is 2.70. The maximum absolute atomic E-state index is 12.7. The van der Waals surface area contributed by atoms with Gasteiger partial charge in [-0.25, -0.2) is 9.67 Å². The molecule has 2 rings (SSSR count). The van der Waals surface area contributed by atoms with Crippen LogP contribution < -0.4 is 0 Å². The zero-order valence-corrected chi connectivity index (χ0v) is 13.0. The average Bonchev–Trinajstić information content (AvgIpc) is 2.89. The topological polar surface area (TPSA) is 47.8 Å². The first-order chi connectivity index (χ1) is 9.37. The van der Waals surface area contributed by atoms with E-state index in [1.807, 2.05) is 31.2 Å². The van der Waals surface area contributed by atoms with Gasteiger partial charge in [-0.05, 0) is 6.92 Å². The van der Waals surface area contributed by atoms with Gasteiger partial charge in [0.2, 0.25) is 0 Å². The lowest BCUT2D eigenvalue weighted by atomic mass is 10.1. The highest BCUT2D eigenvalue weighted by Crippen LogP contribution is 2.36. The van der Waals surface area contributed by atoms with Gasteiger partial charge in [-0.3, -0.25) is 4.79 Å². The fraction of sp³-hybridized carbons (Fsp3) is 0.400. The molecule has 106 valence electrons. The number of thioether (sulfide) groups is 1. The van der Waals surface area contributed by atoms with Crippen LogP contribution in [0.4, 0.5) is 0 Å². The molecule has 20 heavy (non-hydrogen) atoms. The molecule has 4 nitrogen and oxygen atoms in total. The molecule has 1 aromatic heterocycles. The first-order valence-electron chi connectivity index (χ1n) is 6.49. The minimum atomic E-state index is -0.389. The molecule has 0 amide bonds. The van der Waals surface area contributed by atoms with Gasteiger partial charge in [-0.15, -0.1) is 11.8 Å². The quantitative estimate of drug-likeness (QED) is 0.808. The molecule has 1 aromatic carbocycles. The molecule has 0 radical (unpaired) electrons. The lowest BCUT2D eigenvalue weighted by molar-refractivity contribution is 0.0962. The van der Waals surface area contributed by atoms with Gasteiger partial charge in [-0.2, -0.15) is 5.10 Å². The van der Waals surface area contributed by atoms with Crippen LogP contribution in [0.25, 0.3) is 0 Å². The monoisotopic (exact) mass is 289 g/mol. The molecule has 2 aromatic rings. The van der Waals surface area contributed by atoms with Crippen LogP contribution in [0.5, 0.6) is 0 Å². The van der Waals surface area contributed by atoms with Crippen molar-refractivity contribution in [2.24, 2.45) is 0 Å². The number of nitrogens with zero attached hydrogens (tertiary/aromatic N) is 3. The van der Waals surface area contributed by atoms with Gasteiger partial charge >= 0.3 is 0 Å². The summed E-state index contributed by atoms with van der Waals surface area (Å²) in [5, 5.41) is 3.74. The second kappa shape index (κ2) is 5.79. The van der Waals surface area contributed by atoms with E-state index in [2.05, 4.69) is 30.9 Å². The second-order valence-corrected chi connectivity index (χ2v) is 7.60. The predicted molar refractivity (Wildman–Crippen MR) is 81.9 cm³/mol. The van der Waals surface area contributed by atoms with E-state index in [0.29, 0.717) is 5.56 Å². The summed E-state index contributed by atoms with van der Waals surface area (Å²) in [4.78, 5) is 16.7. The Kier molecular flexibility index (Phi) is 4.28.